The summed E-state index contributed by atoms with van der Waals surface area (Å²) in [6.45, 7) is 4.19. The van der Waals surface area contributed by atoms with Gasteiger partial charge in [-0.1, -0.05) is 23.7 Å². The molecule has 4 aromatic rings. The molecule has 0 saturated carbocycles. The zero-order valence-corrected chi connectivity index (χ0v) is 17.8. The van der Waals surface area contributed by atoms with Crippen LogP contribution >= 0.6 is 11.6 Å². The summed E-state index contributed by atoms with van der Waals surface area (Å²) in [4.78, 5) is 29.6. The minimum Gasteiger partial charge on any atom is -0.494 e. The predicted octanol–water partition coefficient (Wildman–Crippen LogP) is 3.56. The number of anilines is 1. The van der Waals surface area contributed by atoms with E-state index in [0.29, 0.717) is 34.4 Å². The van der Waals surface area contributed by atoms with Gasteiger partial charge in [0.25, 0.3) is 5.56 Å². The van der Waals surface area contributed by atoms with E-state index in [1.165, 1.54) is 10.6 Å². The summed E-state index contributed by atoms with van der Waals surface area (Å²) in [5.74, 6) is 1.05. The Morgan fingerprint density at radius 2 is 1.90 bits per heavy atom. The van der Waals surface area contributed by atoms with E-state index in [2.05, 4.69) is 15.4 Å². The number of nitrogens with one attached hydrogen (secondary N) is 1. The van der Waals surface area contributed by atoms with E-state index in [1.54, 1.807) is 54.0 Å². The molecule has 1 amide bonds. The number of rotatable bonds is 6. The van der Waals surface area contributed by atoms with Crippen LogP contribution in [0.4, 0.5) is 5.69 Å². The van der Waals surface area contributed by atoms with Crippen LogP contribution in [0.1, 0.15) is 12.6 Å². The van der Waals surface area contributed by atoms with E-state index in [-0.39, 0.29) is 23.8 Å². The summed E-state index contributed by atoms with van der Waals surface area (Å²) in [5, 5.41) is 7.62. The lowest BCUT2D eigenvalue weighted by Gasteiger charge is -2.12. The van der Waals surface area contributed by atoms with Gasteiger partial charge in [-0.2, -0.15) is 9.50 Å². The van der Waals surface area contributed by atoms with Gasteiger partial charge in [0.05, 0.1) is 11.6 Å². The van der Waals surface area contributed by atoms with E-state index >= 15 is 0 Å². The molecule has 0 atom stereocenters. The zero-order valence-electron chi connectivity index (χ0n) is 17.0. The van der Waals surface area contributed by atoms with Crippen LogP contribution in [0.2, 0.25) is 5.02 Å². The summed E-state index contributed by atoms with van der Waals surface area (Å²) in [5.41, 5.74) is 1.51. The number of carbonyl (C=O) groups excluding carboxylic acids is 1. The monoisotopic (exact) mass is 437 g/mol. The van der Waals surface area contributed by atoms with Crippen LogP contribution in [0, 0.1) is 6.92 Å². The first-order chi connectivity index (χ1) is 15.0. The summed E-state index contributed by atoms with van der Waals surface area (Å²) in [7, 11) is 0. The number of ether oxygens (including phenoxy) is 1. The number of hydrogen-bond donors (Lipinski definition) is 1. The molecule has 0 bridgehead atoms. The Balaban J connectivity index is 1.64. The van der Waals surface area contributed by atoms with Crippen molar-refractivity contribution in [3.63, 3.8) is 0 Å². The normalized spacial score (nSPS) is 10.9. The standard InChI is InChI=1S/C22H20ClN5O3/c1-3-31-16-10-8-15(9-11-16)24-19(29)13-27-14(2)12-20(30)28-22(27)25-21(26-28)17-6-4-5-7-18(17)23/h4-12H,3,13H2,1-2H3,(H,24,29). The van der Waals surface area contributed by atoms with Crippen molar-refractivity contribution in [3.05, 3.63) is 75.7 Å². The quantitative estimate of drug-likeness (QED) is 0.498. The SMILES string of the molecule is CCOc1ccc(NC(=O)Cn2c(C)cc(=O)n3nc(-c4ccccc4Cl)nc23)cc1. The molecular formula is C22H20ClN5O3. The Morgan fingerprint density at radius 1 is 1.16 bits per heavy atom. The highest BCUT2D eigenvalue weighted by atomic mass is 35.5. The summed E-state index contributed by atoms with van der Waals surface area (Å²) >= 11 is 6.26. The number of aromatic nitrogens is 4. The molecule has 4 rings (SSSR count). The predicted molar refractivity (Wildman–Crippen MR) is 119 cm³/mol. The van der Waals surface area contributed by atoms with Crippen LogP contribution in [0.25, 0.3) is 17.2 Å². The van der Waals surface area contributed by atoms with Crippen LogP contribution in [-0.2, 0) is 11.3 Å². The van der Waals surface area contributed by atoms with Crippen molar-refractivity contribution >= 4 is 29.0 Å². The van der Waals surface area contributed by atoms with Gasteiger partial charge < -0.3 is 14.6 Å². The first kappa shape index (κ1) is 20.6. The van der Waals surface area contributed by atoms with E-state index in [1.807, 2.05) is 13.0 Å². The highest BCUT2D eigenvalue weighted by Crippen LogP contribution is 2.25. The van der Waals surface area contributed by atoms with E-state index in [9.17, 15) is 9.59 Å². The molecule has 0 radical (unpaired) electrons. The maximum atomic E-state index is 12.7. The highest BCUT2D eigenvalue weighted by Gasteiger charge is 2.17. The van der Waals surface area contributed by atoms with Crippen molar-refractivity contribution in [2.75, 3.05) is 11.9 Å². The van der Waals surface area contributed by atoms with Gasteiger partial charge in [-0.3, -0.25) is 9.59 Å². The minimum atomic E-state index is -0.332. The number of carbonyl (C=O) groups is 1. The molecule has 2 aromatic heterocycles. The Kier molecular flexibility index (Phi) is 5.73. The summed E-state index contributed by atoms with van der Waals surface area (Å²) in [6.07, 6.45) is 0. The molecule has 0 aliphatic heterocycles. The highest BCUT2D eigenvalue weighted by molar-refractivity contribution is 6.33. The van der Waals surface area contributed by atoms with Crippen molar-refractivity contribution in [3.8, 4) is 17.1 Å². The van der Waals surface area contributed by atoms with Crippen LogP contribution in [-0.4, -0.2) is 31.7 Å². The van der Waals surface area contributed by atoms with Crippen LogP contribution in [0.15, 0.2) is 59.4 Å². The second kappa shape index (κ2) is 8.61. The molecule has 8 nitrogen and oxygen atoms in total. The largest absolute Gasteiger partial charge is 0.494 e. The zero-order chi connectivity index (χ0) is 22.0. The first-order valence-corrected chi connectivity index (χ1v) is 10.1. The van der Waals surface area contributed by atoms with Crippen molar-refractivity contribution in [2.24, 2.45) is 0 Å². The number of fused-ring (bicyclic) bond motifs is 1. The Morgan fingerprint density at radius 3 is 2.61 bits per heavy atom. The van der Waals surface area contributed by atoms with Crippen molar-refractivity contribution in [1.82, 2.24) is 19.2 Å². The lowest BCUT2D eigenvalue weighted by molar-refractivity contribution is -0.116. The van der Waals surface area contributed by atoms with Gasteiger partial charge in [0, 0.05) is 23.0 Å². The topological polar surface area (TPSA) is 90.5 Å². The van der Waals surface area contributed by atoms with Gasteiger partial charge in [-0.25, -0.2) is 0 Å². The Bertz CT molecular complexity index is 1310. The molecule has 0 aliphatic carbocycles. The van der Waals surface area contributed by atoms with Crippen molar-refractivity contribution in [2.45, 2.75) is 20.4 Å². The van der Waals surface area contributed by atoms with Crippen molar-refractivity contribution in [1.29, 1.82) is 0 Å². The fourth-order valence-electron chi connectivity index (χ4n) is 3.20. The van der Waals surface area contributed by atoms with Gasteiger partial charge in [0.15, 0.2) is 5.82 Å². The van der Waals surface area contributed by atoms with Gasteiger partial charge in [0.1, 0.15) is 12.3 Å². The van der Waals surface area contributed by atoms with E-state index < -0.39 is 0 Å². The third-order valence-corrected chi connectivity index (χ3v) is 4.99. The molecule has 2 aromatic carbocycles. The molecular weight excluding hydrogens is 418 g/mol. The summed E-state index contributed by atoms with van der Waals surface area (Å²) < 4.78 is 8.22. The number of amides is 1. The number of aryl methyl sites for hydroxylation is 1. The molecule has 0 unspecified atom stereocenters. The fourth-order valence-corrected chi connectivity index (χ4v) is 3.42. The molecule has 0 saturated heterocycles. The first-order valence-electron chi connectivity index (χ1n) is 9.71. The molecule has 9 heteroatoms. The van der Waals surface area contributed by atoms with Crippen LogP contribution in [0.5, 0.6) is 5.75 Å². The second-order valence-corrected chi connectivity index (χ2v) is 7.25. The maximum Gasteiger partial charge on any atom is 0.275 e. The molecule has 0 aliphatic rings. The average molecular weight is 438 g/mol. The number of benzene rings is 2. The smallest absolute Gasteiger partial charge is 0.275 e. The van der Waals surface area contributed by atoms with Gasteiger partial charge >= 0.3 is 0 Å². The van der Waals surface area contributed by atoms with Gasteiger partial charge in [0.2, 0.25) is 11.7 Å². The molecule has 2 heterocycles. The Labute approximate surface area is 183 Å². The molecule has 0 fully saturated rings. The maximum absolute atomic E-state index is 12.7. The van der Waals surface area contributed by atoms with Gasteiger partial charge in [-0.15, -0.1) is 5.10 Å². The van der Waals surface area contributed by atoms with E-state index in [0.717, 1.165) is 5.75 Å². The third-order valence-electron chi connectivity index (χ3n) is 4.66. The number of nitrogens with zero attached hydrogens (tertiary/aromatic N) is 4. The molecule has 158 valence electrons. The number of halogens is 1. The number of hydrogen-bond acceptors (Lipinski definition) is 5. The molecule has 31 heavy (non-hydrogen) atoms. The molecule has 1 N–H and O–H groups in total. The lowest BCUT2D eigenvalue weighted by atomic mass is 10.2. The van der Waals surface area contributed by atoms with Gasteiger partial charge in [-0.05, 0) is 50.2 Å². The van der Waals surface area contributed by atoms with Crippen LogP contribution < -0.4 is 15.6 Å². The van der Waals surface area contributed by atoms with Crippen LogP contribution in [0.3, 0.4) is 0 Å². The average Bonchev–Trinajstić information content (AvgIpc) is 3.19. The Hall–Kier alpha value is -3.65. The van der Waals surface area contributed by atoms with E-state index in [4.69, 9.17) is 16.3 Å². The lowest BCUT2D eigenvalue weighted by Crippen LogP contribution is -2.25. The fraction of sp³-hybridized carbons (Fsp3) is 0.182. The summed E-state index contributed by atoms with van der Waals surface area (Å²) in [6, 6.07) is 15.6. The molecule has 0 spiro atoms. The minimum absolute atomic E-state index is 0.0382. The van der Waals surface area contributed by atoms with Crippen molar-refractivity contribution < 1.29 is 9.53 Å². The second-order valence-electron chi connectivity index (χ2n) is 6.84. The third kappa shape index (κ3) is 4.29.